The zero-order valence-electron chi connectivity index (χ0n) is 21.5. The molecule has 200 valence electrons. The van der Waals surface area contributed by atoms with Crippen LogP contribution in [0.15, 0.2) is 34.9 Å². The maximum absolute atomic E-state index is 12.3. The van der Waals surface area contributed by atoms with Crippen LogP contribution in [-0.2, 0) is 4.79 Å². The molecule has 2 aromatic heterocycles. The molecule has 1 saturated heterocycles. The van der Waals surface area contributed by atoms with E-state index in [-0.39, 0.29) is 11.3 Å². The molecule has 0 unspecified atom stereocenters. The van der Waals surface area contributed by atoms with Crippen molar-refractivity contribution in [1.82, 2.24) is 15.3 Å². The summed E-state index contributed by atoms with van der Waals surface area (Å²) in [5.74, 6) is 2.24. The molecule has 1 saturated carbocycles. The van der Waals surface area contributed by atoms with E-state index >= 15 is 0 Å². The smallest absolute Gasteiger partial charge is 0.404 e. The predicted molar refractivity (Wildman–Crippen MR) is 142 cm³/mol. The highest BCUT2D eigenvalue weighted by Crippen LogP contribution is 2.46. The Morgan fingerprint density at radius 1 is 1.21 bits per heavy atom. The second-order valence-corrected chi connectivity index (χ2v) is 11.2. The fourth-order valence-corrected chi connectivity index (χ4v) is 5.48. The minimum atomic E-state index is -0.969. The molecule has 0 radical (unpaired) electrons. The minimum Gasteiger partial charge on any atom is -0.476 e. The van der Waals surface area contributed by atoms with Gasteiger partial charge in [0.2, 0.25) is 5.95 Å². The number of aromatic nitrogens is 2. The van der Waals surface area contributed by atoms with Crippen molar-refractivity contribution in [3.8, 4) is 5.75 Å². The molecule has 1 aliphatic carbocycles. The van der Waals surface area contributed by atoms with Crippen LogP contribution in [0.3, 0.4) is 0 Å². The maximum atomic E-state index is 12.3. The van der Waals surface area contributed by atoms with Crippen LogP contribution in [0.25, 0.3) is 11.1 Å². The number of hydrogen-bond donors (Lipinski definition) is 4. The highest BCUT2D eigenvalue weighted by atomic mass is 16.5. The minimum absolute atomic E-state index is 0.0311. The van der Waals surface area contributed by atoms with E-state index in [1.807, 2.05) is 18.2 Å². The summed E-state index contributed by atoms with van der Waals surface area (Å²) in [5.41, 5.74) is 1.65. The molecule has 11 heteroatoms. The van der Waals surface area contributed by atoms with E-state index < -0.39 is 11.7 Å². The van der Waals surface area contributed by atoms with Crippen LogP contribution >= 0.6 is 0 Å². The number of furan rings is 1. The van der Waals surface area contributed by atoms with E-state index in [1.54, 1.807) is 26.2 Å². The second-order valence-electron chi connectivity index (χ2n) is 11.2. The molecule has 4 N–H and O–H groups in total. The number of carbonyl (C=O) groups is 2. The molecule has 4 heterocycles. The second kappa shape index (κ2) is 9.07. The largest absolute Gasteiger partial charge is 0.476 e. The predicted octanol–water partition coefficient (Wildman–Crippen LogP) is 4.73. The number of nitrogens with one attached hydrogen (secondary N) is 3. The fraction of sp³-hybridized carbons (Fsp3) is 0.481. The SMILES string of the molecule is CC1(C)Oc2ccc(Nc3nc(N4CCC(CNC(=O)O)(CC5CC5)CC4)c4occc4n3)cc2NC1=O. The molecule has 2 amide bonds. The van der Waals surface area contributed by atoms with Crippen molar-refractivity contribution in [3.63, 3.8) is 0 Å². The average molecular weight is 521 g/mol. The summed E-state index contributed by atoms with van der Waals surface area (Å²) >= 11 is 0. The van der Waals surface area contributed by atoms with Crippen molar-refractivity contribution >= 4 is 46.2 Å². The molecule has 11 nitrogen and oxygen atoms in total. The van der Waals surface area contributed by atoms with Crippen molar-refractivity contribution in [2.45, 2.75) is 51.6 Å². The number of carboxylic acid groups (broad SMARTS) is 1. The van der Waals surface area contributed by atoms with Crippen molar-refractivity contribution in [2.75, 3.05) is 35.2 Å². The summed E-state index contributed by atoms with van der Waals surface area (Å²) in [6.07, 6.45) is 5.93. The van der Waals surface area contributed by atoms with Gasteiger partial charge in [-0.15, -0.1) is 0 Å². The number of nitrogens with zero attached hydrogens (tertiary/aromatic N) is 3. The maximum Gasteiger partial charge on any atom is 0.404 e. The van der Waals surface area contributed by atoms with Crippen molar-refractivity contribution < 1.29 is 23.8 Å². The molecule has 3 aromatic rings. The highest BCUT2D eigenvalue weighted by molar-refractivity contribution is 6.00. The zero-order valence-corrected chi connectivity index (χ0v) is 21.5. The van der Waals surface area contributed by atoms with Crippen molar-refractivity contribution in [1.29, 1.82) is 0 Å². The summed E-state index contributed by atoms with van der Waals surface area (Å²) < 4.78 is 11.6. The lowest BCUT2D eigenvalue weighted by Gasteiger charge is -2.42. The number of ether oxygens (including phenoxy) is 1. The van der Waals surface area contributed by atoms with Gasteiger partial charge in [0.05, 0.1) is 12.0 Å². The van der Waals surface area contributed by atoms with E-state index in [4.69, 9.17) is 14.1 Å². The Kier molecular flexibility index (Phi) is 5.81. The van der Waals surface area contributed by atoms with Gasteiger partial charge in [-0.1, -0.05) is 12.8 Å². The molecular formula is C27H32N6O5. The van der Waals surface area contributed by atoms with Gasteiger partial charge in [-0.05, 0) is 62.6 Å². The summed E-state index contributed by atoms with van der Waals surface area (Å²) in [4.78, 5) is 35.2. The summed E-state index contributed by atoms with van der Waals surface area (Å²) in [5, 5.41) is 18.0. The van der Waals surface area contributed by atoms with E-state index in [0.29, 0.717) is 52.5 Å². The zero-order chi connectivity index (χ0) is 26.5. The highest BCUT2D eigenvalue weighted by Gasteiger charge is 2.40. The number of rotatable bonds is 7. The lowest BCUT2D eigenvalue weighted by molar-refractivity contribution is -0.129. The first-order chi connectivity index (χ1) is 18.2. The van der Waals surface area contributed by atoms with Gasteiger partial charge in [0, 0.05) is 31.4 Å². The number of fused-ring (bicyclic) bond motifs is 2. The average Bonchev–Trinajstić information content (AvgIpc) is 3.56. The van der Waals surface area contributed by atoms with Crippen molar-refractivity contribution in [3.05, 3.63) is 30.5 Å². The van der Waals surface area contributed by atoms with Crippen LogP contribution in [0.2, 0.25) is 0 Å². The third kappa shape index (κ3) is 4.80. The van der Waals surface area contributed by atoms with Crippen LogP contribution in [-0.4, -0.2) is 52.3 Å². The molecule has 1 aromatic carbocycles. The van der Waals surface area contributed by atoms with Crippen LogP contribution in [0.1, 0.15) is 46.0 Å². The molecule has 2 fully saturated rings. The Labute approximate surface area is 220 Å². The standard InChI is InChI=1S/C27H32N6O5/c1-26(2)23(34)30-19-13-17(5-6-20(19)38-26)29-24-31-18-7-12-37-21(18)22(32-24)33-10-8-27(9-11-33,14-16-3-4-16)15-28-25(35)36/h5-7,12-13,16,28H,3-4,8-11,14-15H2,1-2H3,(H,30,34)(H,35,36)(H,29,31,32). The lowest BCUT2D eigenvalue weighted by atomic mass is 9.74. The van der Waals surface area contributed by atoms with Crippen molar-refractivity contribution in [2.24, 2.45) is 11.3 Å². The topological polar surface area (TPSA) is 142 Å². The number of piperidine rings is 1. The van der Waals surface area contributed by atoms with Gasteiger partial charge >= 0.3 is 6.09 Å². The Balaban J connectivity index is 1.22. The Morgan fingerprint density at radius 3 is 2.74 bits per heavy atom. The first-order valence-electron chi connectivity index (χ1n) is 13.1. The lowest BCUT2D eigenvalue weighted by Crippen LogP contribution is -2.46. The quantitative estimate of drug-likeness (QED) is 0.348. The van der Waals surface area contributed by atoms with Gasteiger partial charge in [-0.2, -0.15) is 4.98 Å². The third-order valence-corrected chi connectivity index (χ3v) is 7.84. The Hall–Kier alpha value is -4.02. The first-order valence-corrected chi connectivity index (χ1v) is 13.1. The molecular weight excluding hydrogens is 488 g/mol. The number of anilines is 4. The van der Waals surface area contributed by atoms with E-state index in [0.717, 1.165) is 32.4 Å². The number of benzene rings is 1. The number of carbonyl (C=O) groups excluding carboxylic acids is 1. The van der Waals surface area contributed by atoms with Gasteiger partial charge in [0.15, 0.2) is 17.0 Å². The molecule has 6 rings (SSSR count). The summed E-state index contributed by atoms with van der Waals surface area (Å²) in [7, 11) is 0. The van der Waals surface area contributed by atoms with Gasteiger partial charge < -0.3 is 35.1 Å². The molecule has 38 heavy (non-hydrogen) atoms. The van der Waals surface area contributed by atoms with E-state index in [2.05, 4.69) is 25.8 Å². The third-order valence-electron chi connectivity index (χ3n) is 7.84. The number of hydrogen-bond acceptors (Lipinski definition) is 8. The molecule has 0 bridgehead atoms. The normalized spacial score (nSPS) is 19.8. The van der Waals surface area contributed by atoms with Crippen LogP contribution < -0.4 is 25.6 Å². The summed E-state index contributed by atoms with van der Waals surface area (Å²) in [6.45, 7) is 5.43. The Bertz CT molecular complexity index is 1390. The molecule has 0 spiro atoms. The van der Waals surface area contributed by atoms with Crippen LogP contribution in [0, 0.1) is 11.3 Å². The van der Waals surface area contributed by atoms with Crippen LogP contribution in [0.5, 0.6) is 5.75 Å². The van der Waals surface area contributed by atoms with Gasteiger partial charge in [0.1, 0.15) is 11.3 Å². The molecule has 0 atom stereocenters. The Morgan fingerprint density at radius 2 is 2.00 bits per heavy atom. The number of amides is 2. The van der Waals surface area contributed by atoms with Gasteiger partial charge in [0.25, 0.3) is 5.91 Å². The molecule has 2 aliphatic heterocycles. The van der Waals surface area contributed by atoms with Gasteiger partial charge in [-0.25, -0.2) is 9.78 Å². The molecule has 3 aliphatic rings. The summed E-state index contributed by atoms with van der Waals surface area (Å²) in [6, 6.07) is 7.28. The monoisotopic (exact) mass is 520 g/mol. The van der Waals surface area contributed by atoms with Gasteiger partial charge in [-0.3, -0.25) is 4.79 Å². The fourth-order valence-electron chi connectivity index (χ4n) is 5.48. The van der Waals surface area contributed by atoms with Crippen LogP contribution in [0.4, 0.5) is 27.9 Å². The van der Waals surface area contributed by atoms with E-state index in [9.17, 15) is 14.7 Å². The van der Waals surface area contributed by atoms with E-state index in [1.165, 1.54) is 12.8 Å². The first kappa shape index (κ1) is 24.3.